The summed E-state index contributed by atoms with van der Waals surface area (Å²) in [5.74, 6) is -0.212. The lowest BCUT2D eigenvalue weighted by atomic mass is 10.2. The van der Waals surface area contributed by atoms with Crippen molar-refractivity contribution in [3.05, 3.63) is 87.1 Å². The van der Waals surface area contributed by atoms with E-state index in [0.717, 1.165) is 16.1 Å². The second kappa shape index (κ2) is 9.11. The lowest BCUT2D eigenvalue weighted by Crippen LogP contribution is -2.32. The average Bonchev–Trinajstić information content (AvgIpc) is 3.23. The Kier molecular flexibility index (Phi) is 6.10. The van der Waals surface area contributed by atoms with Gasteiger partial charge >= 0.3 is 5.69 Å². The molecule has 4 aromatic rings. The maximum Gasteiger partial charge on any atom is 0.334 e. The first-order valence-corrected chi connectivity index (χ1v) is 11.0. The number of benzene rings is 2. The standard InChI is InChI=1S/C21H17N5O3S2/c1-13-7-9-15(10-8-13)26-16(11-17(27)23-20(26)29)22-18(28)12-30-21-25-24-19(31-21)14-5-3-2-4-6-14/h2-11H,12H2,1H3,(H,22,28)(H,23,27,29). The van der Waals surface area contributed by atoms with Crippen molar-refractivity contribution in [2.45, 2.75) is 11.3 Å². The summed E-state index contributed by atoms with van der Waals surface area (Å²) in [5, 5.41) is 11.7. The number of nitrogens with one attached hydrogen (secondary N) is 2. The average molecular weight is 452 g/mol. The zero-order valence-corrected chi connectivity index (χ0v) is 18.0. The molecule has 4 rings (SSSR count). The molecule has 2 aromatic heterocycles. The van der Waals surface area contributed by atoms with Gasteiger partial charge in [-0.3, -0.25) is 14.6 Å². The Balaban J connectivity index is 1.49. The van der Waals surface area contributed by atoms with Gasteiger partial charge in [0.2, 0.25) is 5.91 Å². The maximum absolute atomic E-state index is 12.5. The number of rotatable bonds is 6. The van der Waals surface area contributed by atoms with Gasteiger partial charge in [0, 0.05) is 11.6 Å². The quantitative estimate of drug-likeness (QED) is 0.436. The van der Waals surface area contributed by atoms with E-state index in [1.54, 1.807) is 12.1 Å². The van der Waals surface area contributed by atoms with E-state index in [0.29, 0.717) is 10.0 Å². The molecule has 2 aromatic carbocycles. The van der Waals surface area contributed by atoms with E-state index in [1.165, 1.54) is 33.7 Å². The number of aromatic nitrogens is 4. The Morgan fingerprint density at radius 1 is 1.10 bits per heavy atom. The largest absolute Gasteiger partial charge is 0.334 e. The van der Waals surface area contributed by atoms with Crippen molar-refractivity contribution in [3.63, 3.8) is 0 Å². The number of amides is 1. The van der Waals surface area contributed by atoms with Crippen molar-refractivity contribution < 1.29 is 4.79 Å². The number of carbonyl (C=O) groups excluding carboxylic acids is 1. The minimum atomic E-state index is -0.629. The van der Waals surface area contributed by atoms with Crippen LogP contribution in [0.5, 0.6) is 0 Å². The monoisotopic (exact) mass is 451 g/mol. The smallest absolute Gasteiger partial charge is 0.311 e. The number of anilines is 1. The number of hydrogen-bond donors (Lipinski definition) is 2. The van der Waals surface area contributed by atoms with Crippen LogP contribution in [0.2, 0.25) is 0 Å². The second-order valence-electron chi connectivity index (χ2n) is 6.57. The number of carbonyl (C=O) groups is 1. The first kappa shape index (κ1) is 20.8. The minimum Gasteiger partial charge on any atom is -0.311 e. The molecule has 2 N–H and O–H groups in total. The summed E-state index contributed by atoms with van der Waals surface area (Å²) in [6.45, 7) is 1.93. The van der Waals surface area contributed by atoms with Crippen molar-refractivity contribution in [2.24, 2.45) is 0 Å². The predicted octanol–water partition coefficient (Wildman–Crippen LogP) is 3.08. The van der Waals surface area contributed by atoms with Gasteiger partial charge in [-0.05, 0) is 19.1 Å². The summed E-state index contributed by atoms with van der Waals surface area (Å²) >= 11 is 2.63. The van der Waals surface area contributed by atoms with Crippen LogP contribution >= 0.6 is 23.1 Å². The number of nitrogens with zero attached hydrogens (tertiary/aromatic N) is 3. The van der Waals surface area contributed by atoms with Gasteiger partial charge in [-0.15, -0.1) is 10.2 Å². The molecule has 0 atom stereocenters. The fourth-order valence-electron chi connectivity index (χ4n) is 2.81. The molecule has 0 radical (unpaired) electrons. The molecular formula is C21H17N5O3S2. The number of aryl methyl sites for hydroxylation is 1. The Labute approximate surface area is 185 Å². The summed E-state index contributed by atoms with van der Waals surface area (Å²) in [5.41, 5.74) is 1.30. The molecule has 10 heteroatoms. The molecule has 0 saturated carbocycles. The molecule has 0 bridgehead atoms. The highest BCUT2D eigenvalue weighted by Crippen LogP contribution is 2.29. The maximum atomic E-state index is 12.5. The Morgan fingerprint density at radius 3 is 2.58 bits per heavy atom. The first-order chi connectivity index (χ1) is 15.0. The molecule has 156 valence electrons. The predicted molar refractivity (Wildman–Crippen MR) is 122 cm³/mol. The van der Waals surface area contributed by atoms with Crippen LogP contribution in [-0.4, -0.2) is 31.4 Å². The molecule has 2 heterocycles. The van der Waals surface area contributed by atoms with Crippen molar-refractivity contribution >= 4 is 34.8 Å². The molecule has 0 fully saturated rings. The second-order valence-corrected chi connectivity index (χ2v) is 8.77. The van der Waals surface area contributed by atoms with Gasteiger partial charge in [0.15, 0.2) is 4.34 Å². The van der Waals surface area contributed by atoms with Crippen molar-refractivity contribution in [1.82, 2.24) is 19.7 Å². The first-order valence-electron chi connectivity index (χ1n) is 9.24. The highest BCUT2D eigenvalue weighted by atomic mass is 32.2. The van der Waals surface area contributed by atoms with Crippen molar-refractivity contribution in [1.29, 1.82) is 0 Å². The lowest BCUT2D eigenvalue weighted by Gasteiger charge is -2.13. The molecule has 0 saturated heterocycles. The third-order valence-corrected chi connectivity index (χ3v) is 6.36. The van der Waals surface area contributed by atoms with Crippen LogP contribution in [0.1, 0.15) is 5.56 Å². The molecule has 0 spiro atoms. The van der Waals surface area contributed by atoms with E-state index in [9.17, 15) is 14.4 Å². The van der Waals surface area contributed by atoms with E-state index < -0.39 is 11.2 Å². The SMILES string of the molecule is Cc1ccc(-n2c(NC(=O)CSc3nnc(-c4ccccc4)s3)cc(=O)[nH]c2=O)cc1. The van der Waals surface area contributed by atoms with Crippen LogP contribution in [-0.2, 0) is 4.79 Å². The lowest BCUT2D eigenvalue weighted by molar-refractivity contribution is -0.113. The van der Waals surface area contributed by atoms with Crippen LogP contribution < -0.4 is 16.6 Å². The highest BCUT2D eigenvalue weighted by Gasteiger charge is 2.13. The topological polar surface area (TPSA) is 110 Å². The summed E-state index contributed by atoms with van der Waals surface area (Å²) in [7, 11) is 0. The van der Waals surface area contributed by atoms with Gasteiger partial charge in [0.1, 0.15) is 10.8 Å². The van der Waals surface area contributed by atoms with E-state index in [-0.39, 0.29) is 17.5 Å². The summed E-state index contributed by atoms with van der Waals surface area (Å²) < 4.78 is 1.90. The van der Waals surface area contributed by atoms with Crippen LogP contribution in [0.4, 0.5) is 5.82 Å². The molecular weight excluding hydrogens is 434 g/mol. The van der Waals surface area contributed by atoms with Crippen LogP contribution in [0.15, 0.2) is 74.6 Å². The van der Waals surface area contributed by atoms with Crippen molar-refractivity contribution in [3.8, 4) is 16.3 Å². The van der Waals surface area contributed by atoms with Crippen LogP contribution in [0, 0.1) is 6.92 Å². The Morgan fingerprint density at radius 2 is 1.84 bits per heavy atom. The van der Waals surface area contributed by atoms with Gasteiger partial charge in [0.05, 0.1) is 11.4 Å². The zero-order chi connectivity index (χ0) is 21.8. The fourth-order valence-corrected chi connectivity index (χ4v) is 4.47. The molecule has 0 aliphatic heterocycles. The fraction of sp³-hybridized carbons (Fsp3) is 0.0952. The summed E-state index contributed by atoms with van der Waals surface area (Å²) in [4.78, 5) is 38.9. The Bertz CT molecular complexity index is 1330. The minimum absolute atomic E-state index is 0.0539. The van der Waals surface area contributed by atoms with Gasteiger partial charge in [-0.1, -0.05) is 71.1 Å². The van der Waals surface area contributed by atoms with Gasteiger partial charge in [-0.25, -0.2) is 9.36 Å². The molecule has 0 aliphatic rings. The van der Waals surface area contributed by atoms with E-state index >= 15 is 0 Å². The van der Waals surface area contributed by atoms with Crippen molar-refractivity contribution in [2.75, 3.05) is 11.1 Å². The number of hydrogen-bond acceptors (Lipinski definition) is 7. The molecule has 0 aliphatic carbocycles. The van der Waals surface area contributed by atoms with Crippen LogP contribution in [0.3, 0.4) is 0 Å². The van der Waals surface area contributed by atoms with Gasteiger partial charge in [0.25, 0.3) is 5.56 Å². The van der Waals surface area contributed by atoms with E-state index in [4.69, 9.17) is 0 Å². The molecule has 1 amide bonds. The van der Waals surface area contributed by atoms with Crippen LogP contribution in [0.25, 0.3) is 16.3 Å². The Hall–Kier alpha value is -3.50. The number of H-pyrrole nitrogens is 1. The summed E-state index contributed by atoms with van der Waals surface area (Å²) in [6.07, 6.45) is 0. The normalized spacial score (nSPS) is 10.7. The molecule has 0 unspecified atom stereocenters. The van der Waals surface area contributed by atoms with E-state index in [2.05, 4.69) is 20.5 Å². The third-order valence-electron chi connectivity index (χ3n) is 4.26. The molecule has 31 heavy (non-hydrogen) atoms. The van der Waals surface area contributed by atoms with Gasteiger partial charge < -0.3 is 5.32 Å². The number of aromatic amines is 1. The van der Waals surface area contributed by atoms with Gasteiger partial charge in [-0.2, -0.15) is 0 Å². The summed E-state index contributed by atoms with van der Waals surface area (Å²) in [6, 6.07) is 18.0. The molecule has 8 nitrogen and oxygen atoms in total. The highest BCUT2D eigenvalue weighted by molar-refractivity contribution is 8.01. The third kappa shape index (κ3) is 4.98. The zero-order valence-electron chi connectivity index (χ0n) is 16.4. The van der Waals surface area contributed by atoms with E-state index in [1.807, 2.05) is 49.4 Å². The number of thioether (sulfide) groups is 1.